The Balaban J connectivity index is 2.49. The van der Waals surface area contributed by atoms with Crippen molar-refractivity contribution >= 4 is 17.3 Å². The van der Waals surface area contributed by atoms with E-state index < -0.39 is 5.91 Å². The lowest BCUT2D eigenvalue weighted by Gasteiger charge is -2.14. The second kappa shape index (κ2) is 7.94. The summed E-state index contributed by atoms with van der Waals surface area (Å²) in [6.45, 7) is 0. The van der Waals surface area contributed by atoms with Crippen molar-refractivity contribution in [2.75, 3.05) is 7.11 Å². The van der Waals surface area contributed by atoms with Gasteiger partial charge in [0.2, 0.25) is 5.91 Å². The van der Waals surface area contributed by atoms with Crippen LogP contribution in [0.4, 0.5) is 0 Å². The Morgan fingerprint density at radius 3 is 2.46 bits per heavy atom. The van der Waals surface area contributed by atoms with E-state index in [0.717, 1.165) is 0 Å². The van der Waals surface area contributed by atoms with Gasteiger partial charge in [-0.05, 0) is 17.7 Å². The molecule has 2 rings (SSSR count). The van der Waals surface area contributed by atoms with Crippen molar-refractivity contribution in [2.45, 2.75) is 6.42 Å². The Kier molecular flexibility index (Phi) is 5.70. The van der Waals surface area contributed by atoms with Gasteiger partial charge in [-0.15, -0.1) is 0 Å². The molecule has 1 amide bonds. The molecule has 0 heterocycles. The van der Waals surface area contributed by atoms with Crippen LogP contribution in [0.3, 0.4) is 0 Å². The van der Waals surface area contributed by atoms with Gasteiger partial charge in [-0.2, -0.15) is 0 Å². The van der Waals surface area contributed by atoms with Crippen LogP contribution in [0, 0.1) is 5.41 Å². The minimum atomic E-state index is -0.642. The van der Waals surface area contributed by atoms with Gasteiger partial charge in [0.1, 0.15) is 5.75 Å². The Morgan fingerprint density at radius 1 is 1.17 bits per heavy atom. The smallest absolute Gasteiger partial charge is 0.247 e. The van der Waals surface area contributed by atoms with Crippen LogP contribution in [-0.4, -0.2) is 23.9 Å². The van der Waals surface area contributed by atoms with Gasteiger partial charge in [0, 0.05) is 16.8 Å². The third-order valence-corrected chi connectivity index (χ3v) is 3.53. The molecule has 6 nitrogen and oxygen atoms in total. The SMILES string of the molecule is COc1cccc(C(=N)/C(CC(=O)NO)=C(\N)c2ccccc2)c1. The number of benzene rings is 2. The van der Waals surface area contributed by atoms with E-state index in [2.05, 4.69) is 0 Å². The van der Waals surface area contributed by atoms with Crippen LogP contribution in [0.1, 0.15) is 17.5 Å². The molecule has 0 bridgehead atoms. The number of amides is 1. The number of carbonyl (C=O) groups is 1. The molecule has 0 aliphatic heterocycles. The van der Waals surface area contributed by atoms with E-state index >= 15 is 0 Å². The number of carbonyl (C=O) groups excluding carboxylic acids is 1. The molecule has 2 aromatic rings. The fraction of sp³-hybridized carbons (Fsp3) is 0.111. The number of hydrogen-bond acceptors (Lipinski definition) is 5. The average Bonchev–Trinajstić information content (AvgIpc) is 2.65. The summed E-state index contributed by atoms with van der Waals surface area (Å²) in [6.07, 6.45) is -0.215. The first-order valence-corrected chi connectivity index (χ1v) is 7.27. The highest BCUT2D eigenvalue weighted by Gasteiger charge is 2.17. The molecule has 6 heteroatoms. The molecule has 0 fully saturated rings. The van der Waals surface area contributed by atoms with Crippen LogP contribution >= 0.6 is 0 Å². The van der Waals surface area contributed by atoms with Crippen molar-refractivity contribution in [3.8, 4) is 5.75 Å². The first kappa shape index (κ1) is 17.2. The molecule has 0 saturated carbocycles. The van der Waals surface area contributed by atoms with Gasteiger partial charge in [-0.1, -0.05) is 42.5 Å². The number of methoxy groups -OCH3 is 1. The highest BCUT2D eigenvalue weighted by molar-refractivity contribution is 6.16. The first-order valence-electron chi connectivity index (χ1n) is 7.27. The molecule has 0 aliphatic rings. The molecule has 5 N–H and O–H groups in total. The Bertz CT molecular complexity index is 770. The summed E-state index contributed by atoms with van der Waals surface area (Å²) >= 11 is 0. The van der Waals surface area contributed by atoms with E-state index in [4.69, 9.17) is 21.1 Å². The largest absolute Gasteiger partial charge is 0.497 e. The molecule has 0 aliphatic carbocycles. The highest BCUT2D eigenvalue weighted by atomic mass is 16.5. The molecule has 0 saturated heterocycles. The van der Waals surface area contributed by atoms with E-state index in [9.17, 15) is 4.79 Å². The fourth-order valence-corrected chi connectivity index (χ4v) is 2.26. The normalized spacial score (nSPS) is 11.4. The predicted octanol–water partition coefficient (Wildman–Crippen LogP) is 2.33. The molecular weight excluding hydrogens is 306 g/mol. The number of hydroxylamine groups is 1. The van der Waals surface area contributed by atoms with Crippen molar-refractivity contribution < 1.29 is 14.7 Å². The monoisotopic (exact) mass is 325 g/mol. The third-order valence-electron chi connectivity index (χ3n) is 3.53. The summed E-state index contributed by atoms with van der Waals surface area (Å²) in [6, 6.07) is 16.0. The molecule has 0 atom stereocenters. The number of nitrogens with one attached hydrogen (secondary N) is 2. The van der Waals surface area contributed by atoms with E-state index in [-0.39, 0.29) is 12.1 Å². The topological polar surface area (TPSA) is 108 Å². The molecular formula is C18H19N3O3. The zero-order valence-electron chi connectivity index (χ0n) is 13.2. The summed E-state index contributed by atoms with van der Waals surface area (Å²) in [5.41, 5.74) is 9.77. The maximum Gasteiger partial charge on any atom is 0.247 e. The summed E-state index contributed by atoms with van der Waals surface area (Å²) in [4.78, 5) is 11.6. The van der Waals surface area contributed by atoms with Crippen molar-refractivity contribution in [1.82, 2.24) is 5.48 Å². The van der Waals surface area contributed by atoms with Crippen molar-refractivity contribution in [2.24, 2.45) is 5.73 Å². The minimum Gasteiger partial charge on any atom is -0.497 e. The summed E-state index contributed by atoms with van der Waals surface area (Å²) in [7, 11) is 1.54. The van der Waals surface area contributed by atoms with Crippen molar-refractivity contribution in [3.05, 3.63) is 71.3 Å². The summed E-state index contributed by atoms with van der Waals surface area (Å²) in [5, 5.41) is 17.3. The van der Waals surface area contributed by atoms with Gasteiger partial charge >= 0.3 is 0 Å². The van der Waals surface area contributed by atoms with Gasteiger partial charge in [0.15, 0.2) is 0 Å². The average molecular weight is 325 g/mol. The molecule has 24 heavy (non-hydrogen) atoms. The van der Waals surface area contributed by atoms with E-state index in [1.165, 1.54) is 7.11 Å². The number of nitrogens with two attached hydrogens (primary N) is 1. The van der Waals surface area contributed by atoms with Gasteiger partial charge in [-0.3, -0.25) is 15.4 Å². The number of hydrogen-bond donors (Lipinski definition) is 4. The fourth-order valence-electron chi connectivity index (χ4n) is 2.26. The Labute approximate surface area is 140 Å². The number of ether oxygens (including phenoxy) is 1. The zero-order valence-corrected chi connectivity index (χ0v) is 13.2. The molecule has 124 valence electrons. The highest BCUT2D eigenvalue weighted by Crippen LogP contribution is 2.22. The third kappa shape index (κ3) is 3.99. The summed E-state index contributed by atoms with van der Waals surface area (Å²) < 4.78 is 5.17. The maximum atomic E-state index is 11.6. The van der Waals surface area contributed by atoms with Crippen LogP contribution in [0.25, 0.3) is 5.70 Å². The molecule has 0 spiro atoms. The van der Waals surface area contributed by atoms with Gasteiger partial charge in [0.05, 0.1) is 19.2 Å². The van der Waals surface area contributed by atoms with Crippen LogP contribution in [-0.2, 0) is 4.79 Å². The lowest BCUT2D eigenvalue weighted by molar-refractivity contribution is -0.128. The molecule has 0 radical (unpaired) electrons. The molecule has 2 aromatic carbocycles. The number of rotatable bonds is 6. The minimum absolute atomic E-state index is 0.0962. The molecule has 0 unspecified atom stereocenters. The van der Waals surface area contributed by atoms with E-state index in [0.29, 0.717) is 28.1 Å². The van der Waals surface area contributed by atoms with Crippen molar-refractivity contribution in [1.29, 1.82) is 5.41 Å². The Hall–Kier alpha value is -3.12. The summed E-state index contributed by atoms with van der Waals surface area (Å²) in [5.74, 6) is -0.0435. The lowest BCUT2D eigenvalue weighted by Crippen LogP contribution is -2.23. The lowest BCUT2D eigenvalue weighted by atomic mass is 9.95. The predicted molar refractivity (Wildman–Crippen MR) is 91.9 cm³/mol. The van der Waals surface area contributed by atoms with Crippen molar-refractivity contribution in [3.63, 3.8) is 0 Å². The quantitative estimate of drug-likeness (QED) is 0.371. The maximum absolute atomic E-state index is 11.6. The van der Waals surface area contributed by atoms with E-state index in [1.807, 2.05) is 18.2 Å². The Morgan fingerprint density at radius 2 is 1.83 bits per heavy atom. The van der Waals surface area contributed by atoms with Crippen LogP contribution in [0.2, 0.25) is 0 Å². The van der Waals surface area contributed by atoms with Crippen LogP contribution < -0.4 is 16.0 Å². The zero-order chi connectivity index (χ0) is 17.5. The van der Waals surface area contributed by atoms with Gasteiger partial charge in [0.25, 0.3) is 0 Å². The van der Waals surface area contributed by atoms with Gasteiger partial charge < -0.3 is 10.5 Å². The van der Waals surface area contributed by atoms with Crippen LogP contribution in [0.5, 0.6) is 5.75 Å². The second-order valence-corrected chi connectivity index (χ2v) is 5.08. The first-order chi connectivity index (χ1) is 11.6. The molecule has 0 aromatic heterocycles. The second-order valence-electron chi connectivity index (χ2n) is 5.08. The van der Waals surface area contributed by atoms with Crippen LogP contribution in [0.15, 0.2) is 60.2 Å². The standard InChI is InChI=1S/C18H19N3O3/c1-24-14-9-5-8-13(10-14)18(20)15(11-16(22)21-23)17(19)12-6-3-2-4-7-12/h2-10,20,23H,11,19H2,1H3,(H,21,22)/b17-15-,20-18?. The van der Waals surface area contributed by atoms with Gasteiger partial charge in [-0.25, -0.2) is 5.48 Å². The van der Waals surface area contributed by atoms with E-state index in [1.54, 1.807) is 41.9 Å².